The highest BCUT2D eigenvalue weighted by Crippen LogP contribution is 2.33. The number of aromatic nitrogens is 3. The highest BCUT2D eigenvalue weighted by atomic mass is 16.5. The van der Waals surface area contributed by atoms with Crippen LogP contribution in [-0.2, 0) is 4.79 Å². The zero-order valence-electron chi connectivity index (χ0n) is 16.9. The molecular weight excluding hydrogens is 382 g/mol. The van der Waals surface area contributed by atoms with E-state index in [4.69, 9.17) is 4.74 Å². The summed E-state index contributed by atoms with van der Waals surface area (Å²) in [6, 6.07) is 7.81. The minimum Gasteiger partial charge on any atom is -0.488 e. The van der Waals surface area contributed by atoms with Crippen LogP contribution in [0.1, 0.15) is 25.0 Å². The first-order valence-electron chi connectivity index (χ1n) is 10.3. The number of β-amino-alcohol motifs (C(OH)–C–C–N with tert-alkyl or cyclic N) is 1. The van der Waals surface area contributed by atoms with Crippen LogP contribution in [-0.4, -0.2) is 50.9 Å². The number of aryl methyl sites for hydroxylation is 1. The number of aliphatic hydroxyl groups is 1. The lowest BCUT2D eigenvalue weighted by atomic mass is 10.0. The van der Waals surface area contributed by atoms with Crippen LogP contribution in [0.4, 0.5) is 5.82 Å². The predicted octanol–water partition coefficient (Wildman–Crippen LogP) is 2.16. The number of pyridine rings is 2. The molecular formula is C22H25N5O3. The van der Waals surface area contributed by atoms with Crippen LogP contribution in [0.2, 0.25) is 0 Å². The molecule has 1 atom stereocenters. The largest absolute Gasteiger partial charge is 0.488 e. The van der Waals surface area contributed by atoms with Crippen LogP contribution >= 0.6 is 0 Å². The first kappa shape index (κ1) is 19.0. The van der Waals surface area contributed by atoms with E-state index in [1.165, 1.54) is 0 Å². The highest BCUT2D eigenvalue weighted by molar-refractivity contribution is 5.93. The van der Waals surface area contributed by atoms with E-state index in [0.29, 0.717) is 24.5 Å². The Kier molecular flexibility index (Phi) is 4.67. The number of rotatable bonds is 6. The van der Waals surface area contributed by atoms with E-state index in [1.54, 1.807) is 10.7 Å². The van der Waals surface area contributed by atoms with Crippen molar-refractivity contribution in [1.82, 2.24) is 19.9 Å². The van der Waals surface area contributed by atoms with E-state index in [0.717, 1.165) is 41.7 Å². The molecule has 0 spiro atoms. The van der Waals surface area contributed by atoms with Crippen LogP contribution in [0.5, 0.6) is 5.75 Å². The van der Waals surface area contributed by atoms with E-state index in [1.807, 2.05) is 37.4 Å². The fourth-order valence-corrected chi connectivity index (χ4v) is 3.75. The molecule has 0 bridgehead atoms. The van der Waals surface area contributed by atoms with Gasteiger partial charge < -0.3 is 20.5 Å². The number of nitrogens with one attached hydrogen (secondary N) is 2. The number of hydrogen-bond donors (Lipinski definition) is 3. The standard InChI is InChI=1S/C22H25N5O3/c1-14-8-18(19(11-24-14)30-13-22(29)5-6-23-12-22)16-4-7-27-17(9-16)10-20(26-27)25-21(28)15-2-3-15/h4,7-11,15,23,29H,2-3,5-6,12-13H2,1H3,(H,25,26,28). The molecule has 2 aliphatic rings. The Balaban J connectivity index is 1.42. The van der Waals surface area contributed by atoms with Gasteiger partial charge >= 0.3 is 0 Å². The summed E-state index contributed by atoms with van der Waals surface area (Å²) in [5.74, 6) is 1.36. The van der Waals surface area contributed by atoms with Crippen molar-refractivity contribution in [1.29, 1.82) is 0 Å². The fourth-order valence-electron chi connectivity index (χ4n) is 3.75. The number of carbonyl (C=O) groups excluding carboxylic acids is 1. The molecule has 3 N–H and O–H groups in total. The lowest BCUT2D eigenvalue weighted by molar-refractivity contribution is -0.117. The lowest BCUT2D eigenvalue weighted by Gasteiger charge is -2.22. The van der Waals surface area contributed by atoms with Gasteiger partial charge in [-0.3, -0.25) is 9.78 Å². The second-order valence-corrected chi connectivity index (χ2v) is 8.34. The summed E-state index contributed by atoms with van der Waals surface area (Å²) in [5, 5.41) is 21.1. The van der Waals surface area contributed by atoms with Gasteiger partial charge in [0.1, 0.15) is 18.0 Å². The van der Waals surface area contributed by atoms with Crippen LogP contribution in [0.3, 0.4) is 0 Å². The van der Waals surface area contributed by atoms with Crippen molar-refractivity contribution in [3.05, 3.63) is 42.4 Å². The number of nitrogens with zero attached hydrogens (tertiary/aromatic N) is 3. The molecule has 3 aromatic heterocycles. The van der Waals surface area contributed by atoms with Crippen LogP contribution in [0.25, 0.3) is 16.6 Å². The van der Waals surface area contributed by atoms with Gasteiger partial charge in [-0.15, -0.1) is 0 Å². The molecule has 1 saturated heterocycles. The first-order valence-corrected chi connectivity index (χ1v) is 10.3. The van der Waals surface area contributed by atoms with Crippen LogP contribution in [0.15, 0.2) is 36.7 Å². The van der Waals surface area contributed by atoms with Gasteiger partial charge in [-0.05, 0) is 56.5 Å². The molecule has 0 aromatic carbocycles. The molecule has 2 fully saturated rings. The summed E-state index contributed by atoms with van der Waals surface area (Å²) in [6.45, 7) is 3.46. The van der Waals surface area contributed by atoms with Gasteiger partial charge in [0.25, 0.3) is 0 Å². The smallest absolute Gasteiger partial charge is 0.228 e. The third-order valence-corrected chi connectivity index (χ3v) is 5.70. The quantitative estimate of drug-likeness (QED) is 0.579. The molecule has 1 aliphatic carbocycles. The summed E-state index contributed by atoms with van der Waals surface area (Å²) in [4.78, 5) is 16.4. The summed E-state index contributed by atoms with van der Waals surface area (Å²) < 4.78 is 7.75. The van der Waals surface area contributed by atoms with E-state index in [9.17, 15) is 9.90 Å². The van der Waals surface area contributed by atoms with Gasteiger partial charge in [0, 0.05) is 36.0 Å². The van der Waals surface area contributed by atoms with Crippen molar-refractivity contribution in [2.45, 2.75) is 31.8 Å². The molecule has 156 valence electrons. The normalized spacial score (nSPS) is 21.1. The Morgan fingerprint density at radius 2 is 2.27 bits per heavy atom. The number of anilines is 1. The SMILES string of the molecule is Cc1cc(-c2ccn3nc(NC(=O)C4CC4)cc3c2)c(OCC2(O)CCNC2)cn1. The number of fused-ring (bicyclic) bond motifs is 1. The zero-order valence-corrected chi connectivity index (χ0v) is 16.9. The Morgan fingerprint density at radius 1 is 1.40 bits per heavy atom. The van der Waals surface area contributed by atoms with Crippen molar-refractivity contribution < 1.29 is 14.6 Å². The topological polar surface area (TPSA) is 101 Å². The Morgan fingerprint density at radius 3 is 3.03 bits per heavy atom. The second kappa shape index (κ2) is 7.37. The molecule has 4 heterocycles. The van der Waals surface area contributed by atoms with Gasteiger partial charge in [-0.2, -0.15) is 5.10 Å². The number of amides is 1. The molecule has 8 heteroatoms. The minimum atomic E-state index is -0.855. The van der Waals surface area contributed by atoms with Crippen LogP contribution in [0, 0.1) is 12.8 Å². The van der Waals surface area contributed by atoms with Crippen molar-refractivity contribution in [3.63, 3.8) is 0 Å². The molecule has 1 aliphatic heterocycles. The average molecular weight is 407 g/mol. The van der Waals surface area contributed by atoms with Gasteiger partial charge in [0.15, 0.2) is 5.82 Å². The number of carbonyl (C=O) groups is 1. The third-order valence-electron chi connectivity index (χ3n) is 5.70. The number of ether oxygens (including phenoxy) is 1. The molecule has 1 unspecified atom stereocenters. The van der Waals surface area contributed by atoms with Crippen molar-refractivity contribution in [2.24, 2.45) is 5.92 Å². The van der Waals surface area contributed by atoms with Crippen molar-refractivity contribution in [3.8, 4) is 16.9 Å². The summed E-state index contributed by atoms with van der Waals surface area (Å²) in [7, 11) is 0. The number of hydrogen-bond acceptors (Lipinski definition) is 6. The summed E-state index contributed by atoms with van der Waals surface area (Å²) >= 11 is 0. The van der Waals surface area contributed by atoms with Crippen molar-refractivity contribution >= 4 is 17.2 Å². The van der Waals surface area contributed by atoms with E-state index >= 15 is 0 Å². The predicted molar refractivity (Wildman–Crippen MR) is 112 cm³/mol. The van der Waals surface area contributed by atoms with E-state index < -0.39 is 5.60 Å². The molecule has 30 heavy (non-hydrogen) atoms. The maximum atomic E-state index is 12.0. The summed E-state index contributed by atoms with van der Waals surface area (Å²) in [5.41, 5.74) is 2.76. The maximum absolute atomic E-state index is 12.0. The fraction of sp³-hybridized carbons (Fsp3) is 0.409. The molecule has 1 saturated carbocycles. The average Bonchev–Trinajstić information content (AvgIpc) is 3.38. The zero-order chi connectivity index (χ0) is 20.7. The lowest BCUT2D eigenvalue weighted by Crippen LogP contribution is -2.38. The highest BCUT2D eigenvalue weighted by Gasteiger charge is 2.32. The molecule has 8 nitrogen and oxygen atoms in total. The Bertz CT molecular complexity index is 1100. The van der Waals surface area contributed by atoms with Gasteiger partial charge in [-0.25, -0.2) is 4.52 Å². The van der Waals surface area contributed by atoms with Gasteiger partial charge in [0.05, 0.1) is 11.7 Å². The van der Waals surface area contributed by atoms with Crippen molar-refractivity contribution in [2.75, 3.05) is 25.0 Å². The van der Waals surface area contributed by atoms with E-state index in [-0.39, 0.29) is 18.4 Å². The molecule has 3 aromatic rings. The Labute approximate surface area is 174 Å². The Hall–Kier alpha value is -2.97. The molecule has 5 rings (SSSR count). The molecule has 0 radical (unpaired) electrons. The maximum Gasteiger partial charge on any atom is 0.228 e. The van der Waals surface area contributed by atoms with Crippen LogP contribution < -0.4 is 15.4 Å². The third kappa shape index (κ3) is 3.88. The van der Waals surface area contributed by atoms with E-state index in [2.05, 4.69) is 20.7 Å². The van der Waals surface area contributed by atoms with Gasteiger partial charge in [-0.1, -0.05) is 0 Å². The summed E-state index contributed by atoms with van der Waals surface area (Å²) in [6.07, 6.45) is 6.15. The monoisotopic (exact) mass is 407 g/mol. The first-order chi connectivity index (χ1) is 14.5. The molecule has 1 amide bonds. The minimum absolute atomic E-state index is 0.0402. The van der Waals surface area contributed by atoms with Gasteiger partial charge in [0.2, 0.25) is 5.91 Å². The second-order valence-electron chi connectivity index (χ2n) is 8.34.